The van der Waals surface area contributed by atoms with Gasteiger partial charge in [0.1, 0.15) is 11.9 Å². The molecule has 3 rings (SSSR count). The Labute approximate surface area is 184 Å². The molecule has 166 valence electrons. The quantitative estimate of drug-likeness (QED) is 0.351. The van der Waals surface area contributed by atoms with Gasteiger partial charge in [-0.1, -0.05) is 42.5 Å². The number of ketones is 1. The number of halogens is 3. The molecule has 0 bridgehead atoms. The highest BCUT2D eigenvalue weighted by Crippen LogP contribution is 2.30. The van der Waals surface area contributed by atoms with Crippen molar-refractivity contribution >= 4 is 11.7 Å². The second kappa shape index (κ2) is 10.1. The molecule has 1 atom stereocenters. The summed E-state index contributed by atoms with van der Waals surface area (Å²) in [6.07, 6.45) is 0.0169. The Bertz CT molecular complexity index is 1100. The van der Waals surface area contributed by atoms with Crippen LogP contribution in [0.2, 0.25) is 0 Å². The molecule has 0 spiro atoms. The van der Waals surface area contributed by atoms with Crippen molar-refractivity contribution in [3.8, 4) is 16.9 Å². The van der Waals surface area contributed by atoms with Crippen LogP contribution in [0.1, 0.15) is 25.0 Å². The van der Waals surface area contributed by atoms with Crippen molar-refractivity contribution in [2.45, 2.75) is 19.4 Å². The van der Waals surface area contributed by atoms with E-state index in [-0.39, 0.29) is 5.56 Å². The molecule has 0 N–H and O–H groups in total. The first kappa shape index (κ1) is 23.1. The molecule has 0 aromatic heterocycles. The fourth-order valence-electron chi connectivity index (χ4n) is 3.27. The minimum absolute atomic E-state index is 0.0561. The van der Waals surface area contributed by atoms with Crippen LogP contribution in [-0.2, 0) is 9.59 Å². The van der Waals surface area contributed by atoms with Crippen molar-refractivity contribution in [3.05, 3.63) is 89.7 Å². The van der Waals surface area contributed by atoms with E-state index in [1.54, 1.807) is 31.3 Å². The molecule has 0 fully saturated rings. The SMILES string of the molecule is CC(=O)C(=O)N(C)CCC(Oc1ccc(-c2ccc(F)c(F)c2F)cc1)c1ccccc1. The number of amides is 1. The third kappa shape index (κ3) is 5.35. The maximum atomic E-state index is 14.1. The lowest BCUT2D eigenvalue weighted by Crippen LogP contribution is -2.33. The van der Waals surface area contributed by atoms with E-state index in [2.05, 4.69) is 0 Å². The van der Waals surface area contributed by atoms with Gasteiger partial charge >= 0.3 is 0 Å². The average Bonchev–Trinajstić information content (AvgIpc) is 2.80. The molecular formula is C25H22F3NO3. The van der Waals surface area contributed by atoms with Crippen LogP contribution < -0.4 is 4.74 Å². The Kier molecular flexibility index (Phi) is 7.30. The number of nitrogens with zero attached hydrogens (tertiary/aromatic N) is 1. The summed E-state index contributed by atoms with van der Waals surface area (Å²) < 4.78 is 46.9. The predicted octanol–water partition coefficient (Wildman–Crippen LogP) is 5.33. The molecule has 4 nitrogen and oxygen atoms in total. The van der Waals surface area contributed by atoms with Gasteiger partial charge in [0, 0.05) is 32.5 Å². The Morgan fingerprint density at radius 1 is 0.906 bits per heavy atom. The van der Waals surface area contributed by atoms with E-state index in [1.807, 2.05) is 30.3 Å². The Morgan fingerprint density at radius 2 is 1.56 bits per heavy atom. The van der Waals surface area contributed by atoms with Crippen LogP contribution in [0.15, 0.2) is 66.7 Å². The highest BCUT2D eigenvalue weighted by molar-refractivity contribution is 6.34. The predicted molar refractivity (Wildman–Crippen MR) is 114 cm³/mol. The zero-order chi connectivity index (χ0) is 23.3. The normalized spacial score (nSPS) is 11.7. The zero-order valence-corrected chi connectivity index (χ0v) is 17.6. The van der Waals surface area contributed by atoms with Crippen LogP contribution in [0.25, 0.3) is 11.1 Å². The Morgan fingerprint density at radius 3 is 2.19 bits per heavy atom. The molecule has 32 heavy (non-hydrogen) atoms. The van der Waals surface area contributed by atoms with Crippen molar-refractivity contribution in [2.24, 2.45) is 0 Å². The summed E-state index contributed by atoms with van der Waals surface area (Å²) in [5.74, 6) is -4.65. The second-order valence-corrected chi connectivity index (χ2v) is 7.34. The molecule has 0 saturated carbocycles. The largest absolute Gasteiger partial charge is 0.486 e. The van der Waals surface area contributed by atoms with Gasteiger partial charge in [-0.05, 0) is 35.4 Å². The fourth-order valence-corrected chi connectivity index (χ4v) is 3.27. The lowest BCUT2D eigenvalue weighted by atomic mass is 10.0. The average molecular weight is 441 g/mol. The molecule has 1 amide bonds. The van der Waals surface area contributed by atoms with E-state index < -0.39 is 35.2 Å². The lowest BCUT2D eigenvalue weighted by Gasteiger charge is -2.23. The van der Waals surface area contributed by atoms with Gasteiger partial charge in [-0.2, -0.15) is 0 Å². The van der Waals surface area contributed by atoms with E-state index in [0.717, 1.165) is 11.6 Å². The smallest absolute Gasteiger partial charge is 0.289 e. The molecule has 0 aliphatic rings. The zero-order valence-electron chi connectivity index (χ0n) is 17.6. The van der Waals surface area contributed by atoms with E-state index in [1.165, 1.54) is 17.9 Å². The van der Waals surface area contributed by atoms with Crippen LogP contribution >= 0.6 is 0 Å². The minimum Gasteiger partial charge on any atom is -0.486 e. The van der Waals surface area contributed by atoms with Crippen molar-refractivity contribution in [2.75, 3.05) is 13.6 Å². The topological polar surface area (TPSA) is 46.6 Å². The Balaban J connectivity index is 1.78. The summed E-state index contributed by atoms with van der Waals surface area (Å²) in [5.41, 5.74) is 1.20. The maximum Gasteiger partial charge on any atom is 0.289 e. The molecule has 0 saturated heterocycles. The molecule has 7 heteroatoms. The van der Waals surface area contributed by atoms with Gasteiger partial charge in [0.2, 0.25) is 5.78 Å². The van der Waals surface area contributed by atoms with Gasteiger partial charge in [-0.15, -0.1) is 0 Å². The number of benzene rings is 3. The molecule has 1 unspecified atom stereocenters. The van der Waals surface area contributed by atoms with Crippen LogP contribution in [0.3, 0.4) is 0 Å². The summed E-state index contributed by atoms with van der Waals surface area (Å²) in [5, 5.41) is 0. The monoisotopic (exact) mass is 441 g/mol. The fraction of sp³-hybridized carbons (Fsp3) is 0.200. The van der Waals surface area contributed by atoms with E-state index >= 15 is 0 Å². The van der Waals surface area contributed by atoms with Crippen LogP contribution in [-0.4, -0.2) is 30.2 Å². The number of carbonyl (C=O) groups excluding carboxylic acids is 2. The van der Waals surface area contributed by atoms with E-state index in [9.17, 15) is 22.8 Å². The summed E-state index contributed by atoms with van der Waals surface area (Å²) in [6, 6.07) is 17.8. The first-order valence-corrected chi connectivity index (χ1v) is 9.99. The number of hydrogen-bond donors (Lipinski definition) is 0. The van der Waals surface area contributed by atoms with Gasteiger partial charge < -0.3 is 9.64 Å². The van der Waals surface area contributed by atoms with Crippen LogP contribution in [0.5, 0.6) is 5.75 Å². The lowest BCUT2D eigenvalue weighted by molar-refractivity contribution is -0.142. The molecule has 0 aliphatic heterocycles. The van der Waals surface area contributed by atoms with E-state index in [4.69, 9.17) is 4.74 Å². The third-order valence-corrected chi connectivity index (χ3v) is 5.02. The molecule has 0 aliphatic carbocycles. The molecule has 3 aromatic rings. The van der Waals surface area contributed by atoms with Crippen molar-refractivity contribution < 1.29 is 27.5 Å². The van der Waals surface area contributed by atoms with Gasteiger partial charge in [-0.3, -0.25) is 9.59 Å². The highest BCUT2D eigenvalue weighted by Gasteiger charge is 2.19. The number of carbonyl (C=O) groups is 2. The number of likely N-dealkylation sites (N-methyl/N-ethyl adjacent to an activating group) is 1. The van der Waals surface area contributed by atoms with Crippen molar-refractivity contribution in [1.29, 1.82) is 0 Å². The van der Waals surface area contributed by atoms with Crippen LogP contribution in [0.4, 0.5) is 13.2 Å². The molecule has 0 heterocycles. The molecular weight excluding hydrogens is 419 g/mol. The maximum absolute atomic E-state index is 14.1. The molecule has 3 aromatic carbocycles. The van der Waals surface area contributed by atoms with E-state index in [0.29, 0.717) is 24.3 Å². The molecule has 0 radical (unpaired) electrons. The van der Waals surface area contributed by atoms with Gasteiger partial charge in [-0.25, -0.2) is 13.2 Å². The Hall–Kier alpha value is -3.61. The van der Waals surface area contributed by atoms with Gasteiger partial charge in [0.05, 0.1) is 0 Å². The number of Topliss-reactive ketones (excluding diaryl/α,β-unsaturated/α-hetero) is 1. The van der Waals surface area contributed by atoms with Gasteiger partial charge in [0.15, 0.2) is 17.5 Å². The van der Waals surface area contributed by atoms with Crippen molar-refractivity contribution in [3.63, 3.8) is 0 Å². The van der Waals surface area contributed by atoms with Crippen LogP contribution in [0, 0.1) is 17.5 Å². The standard InChI is InChI=1S/C25H22F3NO3/c1-16(30)25(31)29(2)15-14-22(18-6-4-3-5-7-18)32-19-10-8-17(9-11-19)20-12-13-21(26)24(28)23(20)27/h3-13,22H,14-15H2,1-2H3. The minimum atomic E-state index is -1.52. The third-order valence-electron chi connectivity index (χ3n) is 5.02. The highest BCUT2D eigenvalue weighted by atomic mass is 19.2. The first-order valence-electron chi connectivity index (χ1n) is 9.99. The summed E-state index contributed by atoms with van der Waals surface area (Å²) >= 11 is 0. The summed E-state index contributed by atoms with van der Waals surface area (Å²) in [7, 11) is 1.55. The summed E-state index contributed by atoms with van der Waals surface area (Å²) in [6.45, 7) is 1.53. The second-order valence-electron chi connectivity index (χ2n) is 7.34. The number of rotatable bonds is 8. The first-order chi connectivity index (χ1) is 15.3. The van der Waals surface area contributed by atoms with Crippen molar-refractivity contribution in [1.82, 2.24) is 4.90 Å². The number of hydrogen-bond acceptors (Lipinski definition) is 3. The number of ether oxygens (including phenoxy) is 1. The summed E-state index contributed by atoms with van der Waals surface area (Å²) in [4.78, 5) is 24.5. The van der Waals surface area contributed by atoms with Gasteiger partial charge in [0.25, 0.3) is 5.91 Å².